The Bertz CT molecular complexity index is 463. The molecule has 0 saturated carbocycles. The van der Waals surface area contributed by atoms with Crippen molar-refractivity contribution in [2.24, 2.45) is 11.5 Å². The molecule has 0 aromatic rings. The molecule has 16 N–H and O–H groups in total. The van der Waals surface area contributed by atoms with Crippen LogP contribution in [0.4, 0.5) is 9.59 Å². The molecule has 0 saturated heterocycles. The molecule has 0 heterocycles. The summed E-state index contributed by atoms with van der Waals surface area (Å²) in [5, 5.41) is 29.5. The van der Waals surface area contributed by atoms with Crippen molar-refractivity contribution in [3.05, 3.63) is 30.6 Å². The van der Waals surface area contributed by atoms with Gasteiger partial charge in [0.25, 0.3) is 0 Å². The van der Waals surface area contributed by atoms with Crippen LogP contribution >= 0.6 is 0 Å². The van der Waals surface area contributed by atoms with Crippen LogP contribution in [0.15, 0.2) is 0 Å². The van der Waals surface area contributed by atoms with E-state index in [9.17, 15) is 9.59 Å². The van der Waals surface area contributed by atoms with Gasteiger partial charge in [0.1, 0.15) is 0 Å². The number of hydrogen-bond acceptors (Lipinski definition) is 16. The quantitative estimate of drug-likeness (QED) is 0.0640. The molecule has 0 radical (unpaired) electrons. The third-order valence-corrected chi connectivity index (χ3v) is 3.24. The Morgan fingerprint density at radius 1 is 0.632 bits per heavy atom. The second-order valence-corrected chi connectivity index (χ2v) is 5.35. The summed E-state index contributed by atoms with van der Waals surface area (Å²) < 4.78 is 9.49. The number of unbranched alkanes of at least 4 members (excludes halogenated alkanes) is 1. The Balaban J connectivity index is -0.0000000447. The summed E-state index contributed by atoms with van der Waals surface area (Å²) in [6, 6.07) is 0. The number of amides is 2. The molecule has 0 atom stereocenters. The van der Waals surface area contributed by atoms with Gasteiger partial charge in [-0.25, -0.2) is 9.59 Å². The number of methoxy groups -OCH3 is 2. The van der Waals surface area contributed by atoms with E-state index in [-0.39, 0.29) is 104 Å². The van der Waals surface area contributed by atoms with Crippen LogP contribution in [0.1, 0.15) is 25.7 Å². The summed E-state index contributed by atoms with van der Waals surface area (Å²) in [6.07, 6.45) is 2.33. The van der Waals surface area contributed by atoms with Crippen LogP contribution in [0.2, 0.25) is 0 Å². The topological polar surface area (TPSA) is 384 Å². The third kappa shape index (κ3) is 59.6. The van der Waals surface area contributed by atoms with Gasteiger partial charge in [0.15, 0.2) is 0 Å². The molecule has 24 heteroatoms. The number of carbonyl (C=O) groups excluding carboxylic acids is 2. The fourth-order valence-corrected chi connectivity index (χ4v) is 2.02. The first-order valence-corrected chi connectivity index (χ1v) is 8.76. The van der Waals surface area contributed by atoms with E-state index in [0.717, 1.165) is 25.7 Å². The normalized spacial score (nSPS) is 7.16. The summed E-state index contributed by atoms with van der Waals surface area (Å²) in [5.41, 5.74) is 10.9. The van der Waals surface area contributed by atoms with Crippen molar-refractivity contribution in [2.75, 3.05) is 53.5 Å². The van der Waals surface area contributed by atoms with Crippen LogP contribution in [0.3, 0.4) is 0 Å². The van der Waals surface area contributed by atoms with Gasteiger partial charge < -0.3 is 111 Å². The maximum absolute atomic E-state index is 11.6. The SMILES string of the molecule is COC(=O)N(CCCN)CCCCN(CCCN)C(=O)OC.N.N.N.N.O=[N+]([O-])[O-].O=[N+]([O-])[O-].[Cl-].[Cl-].[Pt+2].[Pt+2]. The molecule has 0 aromatic heterocycles. The average molecular weight is 972 g/mol. The predicted octanol–water partition coefficient (Wildman–Crippen LogP) is -5.23. The van der Waals surface area contributed by atoms with Crippen LogP contribution in [0.5, 0.6) is 0 Å². The van der Waals surface area contributed by atoms with Gasteiger partial charge in [-0.1, -0.05) is 0 Å². The molecule has 0 spiro atoms. The van der Waals surface area contributed by atoms with E-state index >= 15 is 0 Å². The molecule has 38 heavy (non-hydrogen) atoms. The largest absolute Gasteiger partial charge is 2.00 e. The Kier molecular flexibility index (Phi) is 97.2. The molecule has 0 aliphatic carbocycles. The molecule has 0 unspecified atom stereocenters. The van der Waals surface area contributed by atoms with E-state index in [0.29, 0.717) is 39.3 Å². The summed E-state index contributed by atoms with van der Waals surface area (Å²) in [4.78, 5) is 43.0. The first-order chi connectivity index (χ1) is 14.1. The summed E-state index contributed by atoms with van der Waals surface area (Å²) in [6.45, 7) is 3.39. The van der Waals surface area contributed by atoms with E-state index < -0.39 is 10.2 Å². The van der Waals surface area contributed by atoms with Crippen molar-refractivity contribution in [3.8, 4) is 0 Å². The van der Waals surface area contributed by atoms with Crippen molar-refractivity contribution < 1.29 is 96.2 Å². The van der Waals surface area contributed by atoms with Crippen molar-refractivity contribution in [1.82, 2.24) is 34.4 Å². The number of ether oxygens (including phenoxy) is 2. The van der Waals surface area contributed by atoms with Crippen molar-refractivity contribution >= 4 is 12.2 Å². The fourth-order valence-electron chi connectivity index (χ4n) is 2.02. The van der Waals surface area contributed by atoms with E-state index in [1.54, 1.807) is 9.80 Å². The summed E-state index contributed by atoms with van der Waals surface area (Å²) in [7, 11) is 2.73. The molecule has 0 bridgehead atoms. The van der Waals surface area contributed by atoms with Gasteiger partial charge in [-0.15, -0.1) is 0 Å². The molecule has 242 valence electrons. The van der Waals surface area contributed by atoms with Crippen LogP contribution < -0.4 is 60.9 Å². The van der Waals surface area contributed by atoms with Gasteiger partial charge in [0, 0.05) is 26.2 Å². The van der Waals surface area contributed by atoms with Gasteiger partial charge in [-0.3, -0.25) is 0 Å². The minimum absolute atomic E-state index is 0. The van der Waals surface area contributed by atoms with Crippen molar-refractivity contribution in [3.63, 3.8) is 0 Å². The van der Waals surface area contributed by atoms with Crippen molar-refractivity contribution in [1.29, 1.82) is 0 Å². The second kappa shape index (κ2) is 52.2. The van der Waals surface area contributed by atoms with Crippen molar-refractivity contribution in [2.45, 2.75) is 25.7 Å². The first kappa shape index (κ1) is 70.8. The zero-order chi connectivity index (χ0) is 23.9. The van der Waals surface area contributed by atoms with E-state index in [2.05, 4.69) is 0 Å². The number of rotatable bonds is 11. The standard InChI is InChI=1S/C14H30N4O4.2ClH.2NO3.4H3N.2Pt/c1-21-13(19)17(11-5-7-15)9-3-4-10-18(12-6-8-16)14(20)22-2;;;2*2-1(3)4;;;;;;/h3-12,15-16H2,1-2H3;2*1H;;;4*1H3;;/q;;;2*-1;;;;;2*+2/p-2. The number of nitrogens with two attached hydrogens (primary N) is 2. The fraction of sp³-hybridized carbons (Fsp3) is 0.857. The number of carbonyl (C=O) groups is 2. The average Bonchev–Trinajstić information content (AvgIpc) is 2.67. The zero-order valence-electron chi connectivity index (χ0n) is 21.3. The first-order valence-electron chi connectivity index (χ1n) is 8.76. The van der Waals surface area contributed by atoms with E-state index in [4.69, 9.17) is 51.6 Å². The van der Waals surface area contributed by atoms with E-state index in [1.807, 2.05) is 0 Å². The zero-order valence-corrected chi connectivity index (χ0v) is 27.4. The monoisotopic (exact) mass is 970 g/mol. The van der Waals surface area contributed by atoms with Crippen LogP contribution in [0, 0.1) is 30.6 Å². The predicted molar refractivity (Wildman–Crippen MR) is 125 cm³/mol. The van der Waals surface area contributed by atoms with Gasteiger partial charge in [0.05, 0.1) is 24.4 Å². The molecular weight excluding hydrogens is 929 g/mol. The van der Waals surface area contributed by atoms with Gasteiger partial charge in [-0.2, -0.15) is 0 Å². The second-order valence-electron chi connectivity index (χ2n) is 5.35. The number of hydrogen-bond donors (Lipinski definition) is 6. The molecule has 0 aliphatic rings. The van der Waals surface area contributed by atoms with Crippen LogP contribution in [0.25, 0.3) is 0 Å². The minimum Gasteiger partial charge on any atom is -1.00 e. The smallest absolute Gasteiger partial charge is 1.00 e. The van der Waals surface area contributed by atoms with Crippen LogP contribution in [-0.2, 0) is 51.6 Å². The van der Waals surface area contributed by atoms with Gasteiger partial charge in [0.2, 0.25) is 0 Å². The third-order valence-electron chi connectivity index (χ3n) is 3.24. The molecule has 2 amide bonds. The summed E-state index contributed by atoms with van der Waals surface area (Å²) >= 11 is 0. The molecule has 0 rings (SSSR count). The van der Waals surface area contributed by atoms with Gasteiger partial charge in [-0.05, 0) is 38.8 Å². The summed E-state index contributed by atoms with van der Waals surface area (Å²) in [5.74, 6) is 0. The Morgan fingerprint density at radius 2 is 0.816 bits per heavy atom. The van der Waals surface area contributed by atoms with Crippen LogP contribution in [-0.4, -0.2) is 85.6 Å². The molecule has 0 fully saturated rings. The maximum atomic E-state index is 11.6. The minimum atomic E-state index is -1.75. The number of nitrogens with zero attached hydrogens (tertiary/aromatic N) is 4. The Labute approximate surface area is 263 Å². The van der Waals surface area contributed by atoms with E-state index in [1.165, 1.54) is 14.2 Å². The molecule has 0 aromatic carbocycles. The maximum Gasteiger partial charge on any atom is 2.00 e. The molecule has 20 nitrogen and oxygen atoms in total. The molecule has 0 aliphatic heterocycles. The Morgan fingerprint density at radius 3 is 0.974 bits per heavy atom. The van der Waals surface area contributed by atoms with Gasteiger partial charge >= 0.3 is 54.3 Å². The Hall–Kier alpha value is -1.34. The number of halogens is 2. The molecular formula is C14H42Cl2N10O10Pt2.